The fraction of sp³-hybridized carbons (Fsp3) is 0.375. The highest BCUT2D eigenvalue weighted by Crippen LogP contribution is 2.06. The molecule has 114 valence electrons. The van der Waals surface area contributed by atoms with Crippen LogP contribution in [0.25, 0.3) is 6.08 Å². The van der Waals surface area contributed by atoms with Crippen LogP contribution in [-0.2, 0) is 9.59 Å². The molecule has 0 aliphatic heterocycles. The highest BCUT2D eigenvalue weighted by atomic mass is 16.4. The smallest absolute Gasteiger partial charge is 0.305 e. The molecule has 21 heavy (non-hydrogen) atoms. The van der Waals surface area contributed by atoms with Crippen molar-refractivity contribution in [1.82, 2.24) is 4.90 Å². The maximum atomic E-state index is 12.1. The van der Waals surface area contributed by atoms with Crippen LogP contribution < -0.4 is 0 Å². The monoisotopic (exact) mass is 291 g/mol. The lowest BCUT2D eigenvalue weighted by molar-refractivity contribution is -0.138. The fourth-order valence-corrected chi connectivity index (χ4v) is 1.77. The molecule has 1 aromatic rings. The topological polar surface area (TPSA) is 77.8 Å². The fourth-order valence-electron chi connectivity index (χ4n) is 1.77. The summed E-state index contributed by atoms with van der Waals surface area (Å²) in [6.45, 7) is 2.45. The normalized spacial score (nSPS) is 10.8. The molecule has 0 fully saturated rings. The van der Waals surface area contributed by atoms with Gasteiger partial charge >= 0.3 is 5.97 Å². The molecule has 5 heteroatoms. The third-order valence-corrected chi connectivity index (χ3v) is 2.99. The van der Waals surface area contributed by atoms with Gasteiger partial charge in [-0.05, 0) is 25.0 Å². The van der Waals surface area contributed by atoms with Crippen molar-refractivity contribution in [3.63, 3.8) is 0 Å². The van der Waals surface area contributed by atoms with E-state index in [-0.39, 0.29) is 25.5 Å². The average molecular weight is 291 g/mol. The Labute approximate surface area is 124 Å². The maximum Gasteiger partial charge on any atom is 0.305 e. The van der Waals surface area contributed by atoms with E-state index in [1.807, 2.05) is 31.2 Å². The van der Waals surface area contributed by atoms with Crippen LogP contribution in [0.3, 0.4) is 0 Å². The van der Waals surface area contributed by atoms with Crippen LogP contribution in [-0.4, -0.2) is 46.7 Å². The van der Waals surface area contributed by atoms with Crippen molar-refractivity contribution in [1.29, 1.82) is 0 Å². The molecular formula is C16H21NO4. The zero-order valence-electron chi connectivity index (χ0n) is 12.2. The summed E-state index contributed by atoms with van der Waals surface area (Å²) in [4.78, 5) is 24.1. The molecule has 0 aliphatic rings. The summed E-state index contributed by atoms with van der Waals surface area (Å²) in [5.74, 6) is -1.19. The lowest BCUT2D eigenvalue weighted by atomic mass is 10.1. The van der Waals surface area contributed by atoms with E-state index in [9.17, 15) is 9.59 Å². The van der Waals surface area contributed by atoms with Gasteiger partial charge in [0, 0.05) is 25.8 Å². The number of benzene rings is 1. The molecule has 2 N–H and O–H groups in total. The van der Waals surface area contributed by atoms with Crippen molar-refractivity contribution >= 4 is 18.0 Å². The number of carbonyl (C=O) groups excluding carboxylic acids is 1. The van der Waals surface area contributed by atoms with E-state index in [1.54, 1.807) is 6.08 Å². The van der Waals surface area contributed by atoms with Crippen molar-refractivity contribution in [3.8, 4) is 0 Å². The Balaban J connectivity index is 2.65. The second-order valence-electron chi connectivity index (χ2n) is 4.79. The lowest BCUT2D eigenvalue weighted by Crippen LogP contribution is -2.33. The number of aliphatic hydroxyl groups excluding tert-OH is 1. The van der Waals surface area contributed by atoms with Gasteiger partial charge in [-0.2, -0.15) is 0 Å². The van der Waals surface area contributed by atoms with Gasteiger partial charge in [0.2, 0.25) is 5.91 Å². The number of hydrogen-bond donors (Lipinski definition) is 2. The van der Waals surface area contributed by atoms with Gasteiger partial charge in [0.1, 0.15) is 0 Å². The largest absolute Gasteiger partial charge is 0.481 e. The third kappa shape index (κ3) is 6.72. The van der Waals surface area contributed by atoms with Crippen molar-refractivity contribution < 1.29 is 19.8 Å². The minimum Gasteiger partial charge on any atom is -0.481 e. The van der Waals surface area contributed by atoms with E-state index in [1.165, 1.54) is 11.0 Å². The van der Waals surface area contributed by atoms with Crippen molar-refractivity contribution in [3.05, 3.63) is 41.5 Å². The minimum absolute atomic E-state index is 0.0292. The Morgan fingerprint density at radius 2 is 1.86 bits per heavy atom. The highest BCUT2D eigenvalue weighted by molar-refractivity contribution is 5.92. The number of carboxylic acids is 1. The second-order valence-corrected chi connectivity index (χ2v) is 4.79. The summed E-state index contributed by atoms with van der Waals surface area (Å²) in [6.07, 6.45) is 3.47. The SMILES string of the molecule is Cc1ccc(/C=C/C(=O)N(CCCO)CCC(=O)O)cc1. The van der Waals surface area contributed by atoms with Gasteiger partial charge in [-0.15, -0.1) is 0 Å². The van der Waals surface area contributed by atoms with Crippen LogP contribution in [0, 0.1) is 6.92 Å². The van der Waals surface area contributed by atoms with E-state index < -0.39 is 5.97 Å². The van der Waals surface area contributed by atoms with E-state index >= 15 is 0 Å². The number of aliphatic carboxylic acids is 1. The van der Waals surface area contributed by atoms with E-state index in [4.69, 9.17) is 10.2 Å². The van der Waals surface area contributed by atoms with Crippen LogP contribution in [0.15, 0.2) is 30.3 Å². The summed E-state index contributed by atoms with van der Waals surface area (Å²) < 4.78 is 0. The molecule has 0 saturated carbocycles. The molecule has 0 aliphatic carbocycles. The van der Waals surface area contributed by atoms with Gasteiger partial charge in [0.15, 0.2) is 0 Å². The predicted molar refractivity (Wildman–Crippen MR) is 80.7 cm³/mol. The van der Waals surface area contributed by atoms with Gasteiger partial charge in [-0.3, -0.25) is 9.59 Å². The number of aliphatic hydroxyl groups is 1. The first-order chi connectivity index (χ1) is 10.0. The van der Waals surface area contributed by atoms with Crippen molar-refractivity contribution in [2.75, 3.05) is 19.7 Å². The zero-order chi connectivity index (χ0) is 15.7. The molecule has 1 aromatic carbocycles. The summed E-state index contributed by atoms with van der Waals surface area (Å²) in [6, 6.07) is 7.74. The van der Waals surface area contributed by atoms with Crippen LogP contribution in [0.5, 0.6) is 0 Å². The standard InChI is InChI=1S/C16H21NO4/c1-13-3-5-14(6-4-13)7-8-15(19)17(10-2-12-18)11-9-16(20)21/h3-8,18H,2,9-12H2,1H3,(H,20,21)/b8-7+. The molecule has 0 radical (unpaired) electrons. The Kier molecular flexibility index (Phi) is 7.18. The molecule has 0 bridgehead atoms. The lowest BCUT2D eigenvalue weighted by Gasteiger charge is -2.19. The Hall–Kier alpha value is -2.14. The third-order valence-electron chi connectivity index (χ3n) is 2.99. The molecule has 0 saturated heterocycles. The summed E-state index contributed by atoms with van der Waals surface area (Å²) in [5, 5.41) is 17.5. The molecule has 0 atom stereocenters. The number of carboxylic acid groups (broad SMARTS) is 1. The second kappa shape index (κ2) is 8.92. The molecule has 5 nitrogen and oxygen atoms in total. The van der Waals surface area contributed by atoms with Gasteiger partial charge in [-0.25, -0.2) is 0 Å². The molecule has 1 rings (SSSR count). The molecule has 0 heterocycles. The maximum absolute atomic E-state index is 12.1. The Morgan fingerprint density at radius 1 is 1.19 bits per heavy atom. The zero-order valence-corrected chi connectivity index (χ0v) is 12.2. The number of aryl methyl sites for hydroxylation is 1. The van der Waals surface area contributed by atoms with Crippen LogP contribution in [0.1, 0.15) is 24.0 Å². The summed E-state index contributed by atoms with van der Waals surface area (Å²) in [7, 11) is 0. The van der Waals surface area contributed by atoms with Crippen LogP contribution >= 0.6 is 0 Å². The first kappa shape index (κ1) is 16.9. The quantitative estimate of drug-likeness (QED) is 0.715. The molecule has 0 spiro atoms. The van der Waals surface area contributed by atoms with Gasteiger partial charge < -0.3 is 15.1 Å². The molecule has 0 unspecified atom stereocenters. The van der Waals surface area contributed by atoms with Crippen molar-refractivity contribution in [2.24, 2.45) is 0 Å². The molecule has 1 amide bonds. The van der Waals surface area contributed by atoms with Crippen LogP contribution in [0.2, 0.25) is 0 Å². The van der Waals surface area contributed by atoms with Gasteiger partial charge in [0.05, 0.1) is 6.42 Å². The Morgan fingerprint density at radius 3 is 2.43 bits per heavy atom. The predicted octanol–water partition coefficient (Wildman–Crippen LogP) is 1.69. The summed E-state index contributed by atoms with van der Waals surface area (Å²) in [5.41, 5.74) is 2.05. The van der Waals surface area contributed by atoms with E-state index in [0.717, 1.165) is 11.1 Å². The first-order valence-corrected chi connectivity index (χ1v) is 6.89. The summed E-state index contributed by atoms with van der Waals surface area (Å²) >= 11 is 0. The first-order valence-electron chi connectivity index (χ1n) is 6.89. The number of nitrogens with zero attached hydrogens (tertiary/aromatic N) is 1. The number of hydrogen-bond acceptors (Lipinski definition) is 3. The Bertz CT molecular complexity index is 494. The molecule has 0 aromatic heterocycles. The van der Waals surface area contributed by atoms with Crippen molar-refractivity contribution in [2.45, 2.75) is 19.8 Å². The average Bonchev–Trinajstić information content (AvgIpc) is 2.46. The van der Waals surface area contributed by atoms with Gasteiger partial charge in [-0.1, -0.05) is 29.8 Å². The van der Waals surface area contributed by atoms with E-state index in [0.29, 0.717) is 13.0 Å². The van der Waals surface area contributed by atoms with Crippen LogP contribution in [0.4, 0.5) is 0 Å². The minimum atomic E-state index is -0.945. The number of rotatable bonds is 8. The van der Waals surface area contributed by atoms with Gasteiger partial charge in [0.25, 0.3) is 0 Å². The molecular weight excluding hydrogens is 270 g/mol. The highest BCUT2D eigenvalue weighted by Gasteiger charge is 2.11. The van der Waals surface area contributed by atoms with E-state index in [2.05, 4.69) is 0 Å². The number of carbonyl (C=O) groups is 2. The number of amides is 1.